The molecule has 56 valence electrons. The molecule has 2 N–H and O–H groups in total. The highest BCUT2D eigenvalue weighted by atomic mass is 16.2. The summed E-state index contributed by atoms with van der Waals surface area (Å²) in [7, 11) is 1.28. The zero-order chi connectivity index (χ0) is 8.59. The Labute approximate surface area is 62.7 Å². The van der Waals surface area contributed by atoms with Gasteiger partial charge in [0.15, 0.2) is 0 Å². The van der Waals surface area contributed by atoms with Gasteiger partial charge in [-0.3, -0.25) is 14.5 Å². The number of nitriles is 1. The van der Waals surface area contributed by atoms with Gasteiger partial charge in [0.1, 0.15) is 17.3 Å². The van der Waals surface area contributed by atoms with E-state index in [0.29, 0.717) is 0 Å². The molecule has 0 aliphatic carbocycles. The van der Waals surface area contributed by atoms with E-state index < -0.39 is 11.8 Å². The normalized spacial score (nSPS) is 17.6. The molecule has 0 aromatic carbocycles. The van der Waals surface area contributed by atoms with Gasteiger partial charge in [0.25, 0.3) is 11.8 Å². The van der Waals surface area contributed by atoms with E-state index in [0.717, 1.165) is 4.90 Å². The Hall–Kier alpha value is -1.83. The zero-order valence-corrected chi connectivity index (χ0v) is 5.79. The number of nitrogens with zero attached hydrogens (tertiary/aromatic N) is 2. The fourth-order valence-corrected chi connectivity index (χ4v) is 0.771. The van der Waals surface area contributed by atoms with Gasteiger partial charge in [-0.1, -0.05) is 0 Å². The maximum Gasteiger partial charge on any atom is 0.277 e. The minimum absolute atomic E-state index is 0.264. The van der Waals surface area contributed by atoms with Crippen molar-refractivity contribution in [2.75, 3.05) is 7.05 Å². The van der Waals surface area contributed by atoms with E-state index in [1.807, 2.05) is 0 Å². The summed E-state index contributed by atoms with van der Waals surface area (Å²) >= 11 is 0. The summed E-state index contributed by atoms with van der Waals surface area (Å²) in [5, 5.41) is 8.35. The van der Waals surface area contributed by atoms with Crippen molar-refractivity contribution in [2.45, 2.75) is 0 Å². The number of carbonyl (C=O) groups is 2. The Kier molecular flexibility index (Phi) is 1.38. The predicted molar refractivity (Wildman–Crippen MR) is 34.6 cm³/mol. The summed E-state index contributed by atoms with van der Waals surface area (Å²) < 4.78 is 0. The lowest BCUT2D eigenvalue weighted by atomic mass is 10.3. The first-order chi connectivity index (χ1) is 5.09. The molecule has 1 aliphatic heterocycles. The van der Waals surface area contributed by atoms with E-state index in [1.165, 1.54) is 7.05 Å². The van der Waals surface area contributed by atoms with Crippen molar-refractivity contribution >= 4 is 11.8 Å². The molecule has 0 radical (unpaired) electrons. The van der Waals surface area contributed by atoms with E-state index >= 15 is 0 Å². The van der Waals surface area contributed by atoms with Crippen LogP contribution in [-0.4, -0.2) is 23.8 Å². The van der Waals surface area contributed by atoms with Crippen LogP contribution in [0.5, 0.6) is 0 Å². The average Bonchev–Trinajstić information content (AvgIpc) is 2.17. The molecule has 0 bridgehead atoms. The molecule has 1 heterocycles. The fourth-order valence-electron chi connectivity index (χ4n) is 0.771. The largest absolute Gasteiger partial charge is 0.393 e. The third-order valence-corrected chi connectivity index (χ3v) is 1.43. The third-order valence-electron chi connectivity index (χ3n) is 1.43. The molecule has 0 saturated carbocycles. The smallest absolute Gasteiger partial charge is 0.277 e. The van der Waals surface area contributed by atoms with Crippen LogP contribution in [0.2, 0.25) is 0 Å². The Balaban J connectivity index is 3.21. The van der Waals surface area contributed by atoms with Gasteiger partial charge >= 0.3 is 0 Å². The van der Waals surface area contributed by atoms with Gasteiger partial charge < -0.3 is 5.73 Å². The van der Waals surface area contributed by atoms with Gasteiger partial charge in [-0.15, -0.1) is 0 Å². The molecule has 2 amide bonds. The van der Waals surface area contributed by atoms with E-state index in [-0.39, 0.29) is 11.3 Å². The Morgan fingerprint density at radius 1 is 1.45 bits per heavy atom. The molecule has 0 atom stereocenters. The van der Waals surface area contributed by atoms with Crippen LogP contribution in [0, 0.1) is 11.3 Å². The number of carbonyl (C=O) groups excluding carboxylic acids is 2. The number of hydrogen-bond donors (Lipinski definition) is 1. The third kappa shape index (κ3) is 0.765. The molecule has 0 unspecified atom stereocenters. The first-order valence-corrected chi connectivity index (χ1v) is 2.81. The maximum absolute atomic E-state index is 10.9. The number of imide groups is 1. The van der Waals surface area contributed by atoms with Crippen LogP contribution in [-0.2, 0) is 9.59 Å². The molecule has 5 nitrogen and oxygen atoms in total. The molecule has 1 rings (SSSR count). The SMILES string of the molecule is CN1C(=O)C(N)=C(C#N)C1=O. The number of likely N-dealkylation sites (N-methyl/N-ethyl adjacent to an activating group) is 1. The highest BCUT2D eigenvalue weighted by molar-refractivity contribution is 6.20. The topological polar surface area (TPSA) is 87.2 Å². The van der Waals surface area contributed by atoms with Gasteiger partial charge in [-0.2, -0.15) is 5.26 Å². The minimum atomic E-state index is -0.630. The monoisotopic (exact) mass is 151 g/mol. The summed E-state index contributed by atoms with van der Waals surface area (Å²) in [6.45, 7) is 0. The number of rotatable bonds is 0. The Morgan fingerprint density at radius 2 is 2.00 bits per heavy atom. The van der Waals surface area contributed by atoms with Crippen LogP contribution in [0.4, 0.5) is 0 Å². The van der Waals surface area contributed by atoms with Crippen LogP contribution in [0.15, 0.2) is 11.3 Å². The summed E-state index contributed by atoms with van der Waals surface area (Å²) in [6.07, 6.45) is 0. The number of amides is 2. The molecular weight excluding hydrogens is 146 g/mol. The van der Waals surface area contributed by atoms with Crippen LogP contribution in [0.1, 0.15) is 0 Å². The Morgan fingerprint density at radius 3 is 2.18 bits per heavy atom. The molecule has 0 fully saturated rings. The predicted octanol–water partition coefficient (Wildman–Crippen LogP) is -1.28. The lowest BCUT2D eigenvalue weighted by Gasteiger charge is -2.03. The van der Waals surface area contributed by atoms with Crippen LogP contribution in [0.3, 0.4) is 0 Å². The summed E-state index contributed by atoms with van der Waals surface area (Å²) in [6, 6.07) is 1.57. The molecular formula is C6H5N3O2. The van der Waals surface area contributed by atoms with Crippen molar-refractivity contribution < 1.29 is 9.59 Å². The summed E-state index contributed by atoms with van der Waals surface area (Å²) in [5.74, 6) is -1.23. The molecule has 5 heteroatoms. The van der Waals surface area contributed by atoms with Gasteiger partial charge in [-0.25, -0.2) is 0 Å². The van der Waals surface area contributed by atoms with Gasteiger partial charge in [0.05, 0.1) is 0 Å². The molecule has 0 saturated heterocycles. The summed E-state index contributed by atoms with van der Waals surface area (Å²) in [4.78, 5) is 22.6. The van der Waals surface area contributed by atoms with Gasteiger partial charge in [0, 0.05) is 7.05 Å². The standard InChI is InChI=1S/C6H5N3O2/c1-9-5(10)3(2-7)4(8)6(9)11/h8H2,1H3. The lowest BCUT2D eigenvalue weighted by Crippen LogP contribution is -2.28. The van der Waals surface area contributed by atoms with Crippen molar-refractivity contribution in [1.82, 2.24) is 4.90 Å². The van der Waals surface area contributed by atoms with Gasteiger partial charge in [0.2, 0.25) is 0 Å². The minimum Gasteiger partial charge on any atom is -0.393 e. The molecule has 0 aromatic heterocycles. The maximum atomic E-state index is 10.9. The van der Waals surface area contributed by atoms with Crippen LogP contribution < -0.4 is 5.73 Å². The number of nitrogens with two attached hydrogens (primary N) is 1. The van der Waals surface area contributed by atoms with Crippen LogP contribution in [0.25, 0.3) is 0 Å². The second kappa shape index (κ2) is 2.09. The summed E-state index contributed by atoms with van der Waals surface area (Å²) in [5.41, 5.74) is 4.63. The molecule has 1 aliphatic rings. The quantitative estimate of drug-likeness (QED) is 0.437. The lowest BCUT2D eigenvalue weighted by molar-refractivity contribution is -0.135. The average molecular weight is 151 g/mol. The van der Waals surface area contributed by atoms with Crippen molar-refractivity contribution in [2.24, 2.45) is 5.73 Å². The first-order valence-electron chi connectivity index (χ1n) is 2.81. The van der Waals surface area contributed by atoms with Crippen molar-refractivity contribution in [3.8, 4) is 6.07 Å². The van der Waals surface area contributed by atoms with Gasteiger partial charge in [-0.05, 0) is 0 Å². The molecule has 0 aromatic rings. The zero-order valence-electron chi connectivity index (χ0n) is 5.79. The highest BCUT2D eigenvalue weighted by Gasteiger charge is 2.33. The van der Waals surface area contributed by atoms with Crippen molar-refractivity contribution in [3.63, 3.8) is 0 Å². The first kappa shape index (κ1) is 7.28. The Bertz CT molecular complexity index is 310. The molecule has 11 heavy (non-hydrogen) atoms. The fraction of sp³-hybridized carbons (Fsp3) is 0.167. The van der Waals surface area contributed by atoms with E-state index in [4.69, 9.17) is 11.0 Å². The number of hydrogen-bond acceptors (Lipinski definition) is 4. The second-order valence-electron chi connectivity index (χ2n) is 2.07. The molecule has 0 spiro atoms. The van der Waals surface area contributed by atoms with Crippen molar-refractivity contribution in [3.05, 3.63) is 11.3 Å². The van der Waals surface area contributed by atoms with E-state index in [1.54, 1.807) is 6.07 Å². The van der Waals surface area contributed by atoms with Crippen LogP contribution >= 0.6 is 0 Å². The van der Waals surface area contributed by atoms with E-state index in [9.17, 15) is 9.59 Å². The second-order valence-corrected chi connectivity index (χ2v) is 2.07. The highest BCUT2D eigenvalue weighted by Crippen LogP contribution is 2.13. The van der Waals surface area contributed by atoms with E-state index in [2.05, 4.69) is 0 Å². The van der Waals surface area contributed by atoms with Crippen molar-refractivity contribution in [1.29, 1.82) is 5.26 Å².